The number of carbonyl (C=O) groups is 1. The van der Waals surface area contributed by atoms with Crippen LogP contribution in [0, 0.1) is 0 Å². The van der Waals surface area contributed by atoms with Gasteiger partial charge in [-0.05, 0) is 49.1 Å². The molecule has 1 amide bonds. The summed E-state index contributed by atoms with van der Waals surface area (Å²) in [5.74, 6) is 0.774. The molecule has 1 aliphatic rings. The molecule has 2 aromatic carbocycles. The highest BCUT2D eigenvalue weighted by molar-refractivity contribution is 6.06. The number of rotatable bonds is 6. The van der Waals surface area contributed by atoms with Gasteiger partial charge in [0.2, 0.25) is 0 Å². The summed E-state index contributed by atoms with van der Waals surface area (Å²) in [7, 11) is 0. The second kappa shape index (κ2) is 9.48. The van der Waals surface area contributed by atoms with E-state index in [4.69, 9.17) is 0 Å². The lowest BCUT2D eigenvalue weighted by molar-refractivity contribution is 0.0959. The van der Waals surface area contributed by atoms with Gasteiger partial charge < -0.3 is 4.90 Å². The Bertz CT molecular complexity index is 891. The first-order valence-electron chi connectivity index (χ1n) is 10.4. The van der Waals surface area contributed by atoms with Crippen LogP contribution in [-0.4, -0.2) is 41.5 Å². The summed E-state index contributed by atoms with van der Waals surface area (Å²) in [5.41, 5.74) is 2.09. The number of pyridine rings is 1. The first-order chi connectivity index (χ1) is 14.3. The third-order valence-electron chi connectivity index (χ3n) is 5.62. The Balaban J connectivity index is 1.43. The van der Waals surface area contributed by atoms with Gasteiger partial charge in [-0.25, -0.2) is 4.98 Å². The fourth-order valence-electron chi connectivity index (χ4n) is 4.01. The molecule has 29 heavy (non-hydrogen) atoms. The van der Waals surface area contributed by atoms with Crippen molar-refractivity contribution in [2.24, 2.45) is 0 Å². The number of aromatic nitrogens is 1. The van der Waals surface area contributed by atoms with Crippen LogP contribution in [0.15, 0.2) is 85.1 Å². The van der Waals surface area contributed by atoms with E-state index in [1.807, 2.05) is 53.4 Å². The van der Waals surface area contributed by atoms with Gasteiger partial charge in [0.1, 0.15) is 5.82 Å². The first-order valence-corrected chi connectivity index (χ1v) is 10.4. The van der Waals surface area contributed by atoms with Crippen LogP contribution in [0.3, 0.4) is 0 Å². The molecule has 4 heteroatoms. The van der Waals surface area contributed by atoms with E-state index in [0.717, 1.165) is 44.7 Å². The first kappa shape index (κ1) is 19.3. The third-order valence-corrected chi connectivity index (χ3v) is 5.62. The van der Waals surface area contributed by atoms with Crippen molar-refractivity contribution in [3.8, 4) is 0 Å². The molecule has 1 saturated heterocycles. The summed E-state index contributed by atoms with van der Waals surface area (Å²) in [5, 5.41) is 0. The Morgan fingerprint density at radius 2 is 1.55 bits per heavy atom. The molecule has 0 unspecified atom stereocenters. The maximum atomic E-state index is 13.3. The van der Waals surface area contributed by atoms with E-state index >= 15 is 0 Å². The Labute approximate surface area is 172 Å². The summed E-state index contributed by atoms with van der Waals surface area (Å²) in [4.78, 5) is 22.2. The van der Waals surface area contributed by atoms with Gasteiger partial charge in [0.15, 0.2) is 0 Å². The number of carbonyl (C=O) groups excluding carboxylic acids is 1. The molecule has 0 atom stereocenters. The van der Waals surface area contributed by atoms with Gasteiger partial charge in [-0.2, -0.15) is 0 Å². The molecule has 2 heterocycles. The summed E-state index contributed by atoms with van der Waals surface area (Å²) >= 11 is 0. The number of benzene rings is 2. The predicted octanol–water partition coefficient (Wildman–Crippen LogP) is 4.44. The van der Waals surface area contributed by atoms with Crippen molar-refractivity contribution in [3.63, 3.8) is 0 Å². The van der Waals surface area contributed by atoms with E-state index in [2.05, 4.69) is 40.2 Å². The highest BCUT2D eigenvalue weighted by atomic mass is 16.2. The topological polar surface area (TPSA) is 36.4 Å². The zero-order valence-electron chi connectivity index (χ0n) is 16.7. The molecule has 0 bridgehead atoms. The number of amides is 1. The Morgan fingerprint density at radius 1 is 0.897 bits per heavy atom. The summed E-state index contributed by atoms with van der Waals surface area (Å²) in [6.45, 7) is 3.07. The molecule has 1 aromatic heterocycles. The molecule has 0 spiro atoms. The van der Waals surface area contributed by atoms with Gasteiger partial charge >= 0.3 is 0 Å². The monoisotopic (exact) mass is 385 g/mol. The van der Waals surface area contributed by atoms with Gasteiger partial charge in [-0.15, -0.1) is 0 Å². The molecule has 0 saturated carbocycles. The number of hydrogen-bond donors (Lipinski definition) is 0. The number of nitrogens with zero attached hydrogens (tertiary/aromatic N) is 3. The minimum Gasteiger partial charge on any atom is -0.303 e. The third kappa shape index (κ3) is 4.90. The average Bonchev–Trinajstić information content (AvgIpc) is 2.81. The zero-order valence-corrected chi connectivity index (χ0v) is 16.7. The fraction of sp³-hybridized carbons (Fsp3) is 0.280. The Kier molecular flexibility index (Phi) is 6.32. The van der Waals surface area contributed by atoms with Crippen LogP contribution in [0.1, 0.15) is 28.8 Å². The number of anilines is 1. The van der Waals surface area contributed by atoms with E-state index in [0.29, 0.717) is 5.56 Å². The molecule has 1 fully saturated rings. The van der Waals surface area contributed by atoms with Crippen molar-refractivity contribution in [1.29, 1.82) is 0 Å². The lowest BCUT2D eigenvalue weighted by atomic mass is 10.0. The van der Waals surface area contributed by atoms with Crippen molar-refractivity contribution in [1.82, 2.24) is 9.88 Å². The normalized spacial score (nSPS) is 15.2. The molecule has 4 nitrogen and oxygen atoms in total. The molecular formula is C25H27N3O. The lowest BCUT2D eigenvalue weighted by Crippen LogP contribution is -2.48. The minimum absolute atomic E-state index is 0.0343. The van der Waals surface area contributed by atoms with Crippen LogP contribution in [0.25, 0.3) is 0 Å². The van der Waals surface area contributed by atoms with Crippen molar-refractivity contribution < 1.29 is 4.79 Å². The van der Waals surface area contributed by atoms with Crippen LogP contribution in [0.2, 0.25) is 0 Å². The molecule has 148 valence electrons. The summed E-state index contributed by atoms with van der Waals surface area (Å²) in [6, 6.07) is 26.1. The predicted molar refractivity (Wildman–Crippen MR) is 117 cm³/mol. The second-order valence-electron chi connectivity index (χ2n) is 7.54. The molecule has 0 radical (unpaired) electrons. The molecule has 4 rings (SSSR count). The van der Waals surface area contributed by atoms with Crippen molar-refractivity contribution in [2.45, 2.75) is 25.3 Å². The summed E-state index contributed by atoms with van der Waals surface area (Å²) in [6.07, 6.45) is 4.75. The van der Waals surface area contributed by atoms with Crippen LogP contribution < -0.4 is 4.90 Å². The highest BCUT2D eigenvalue weighted by Gasteiger charge is 2.30. The van der Waals surface area contributed by atoms with Crippen LogP contribution >= 0.6 is 0 Å². The summed E-state index contributed by atoms with van der Waals surface area (Å²) < 4.78 is 0. The SMILES string of the molecule is O=C(c1ccccc1)N(c1ccccn1)C1CCN(CCc2ccccc2)CC1. The molecule has 1 aliphatic heterocycles. The van der Waals surface area contributed by atoms with E-state index < -0.39 is 0 Å². The lowest BCUT2D eigenvalue weighted by Gasteiger charge is -2.38. The maximum Gasteiger partial charge on any atom is 0.259 e. The Morgan fingerprint density at radius 3 is 2.21 bits per heavy atom. The highest BCUT2D eigenvalue weighted by Crippen LogP contribution is 2.24. The van der Waals surface area contributed by atoms with Crippen LogP contribution in [0.4, 0.5) is 5.82 Å². The Hall–Kier alpha value is -2.98. The largest absolute Gasteiger partial charge is 0.303 e. The van der Waals surface area contributed by atoms with Crippen molar-refractivity contribution in [3.05, 3.63) is 96.2 Å². The molecule has 3 aromatic rings. The molecule has 0 aliphatic carbocycles. The maximum absolute atomic E-state index is 13.3. The molecule has 0 N–H and O–H groups in total. The number of likely N-dealkylation sites (tertiary alicyclic amines) is 1. The number of piperidine rings is 1. The second-order valence-corrected chi connectivity index (χ2v) is 7.54. The van der Waals surface area contributed by atoms with E-state index in [1.54, 1.807) is 6.20 Å². The van der Waals surface area contributed by atoms with Crippen molar-refractivity contribution in [2.75, 3.05) is 24.5 Å². The number of hydrogen-bond acceptors (Lipinski definition) is 3. The van der Waals surface area contributed by atoms with Gasteiger partial charge in [0.05, 0.1) is 0 Å². The van der Waals surface area contributed by atoms with E-state index in [-0.39, 0.29) is 11.9 Å². The van der Waals surface area contributed by atoms with E-state index in [1.165, 1.54) is 5.56 Å². The molecular weight excluding hydrogens is 358 g/mol. The van der Waals surface area contributed by atoms with E-state index in [9.17, 15) is 4.79 Å². The van der Waals surface area contributed by atoms with Gasteiger partial charge in [0, 0.05) is 37.4 Å². The van der Waals surface area contributed by atoms with Gasteiger partial charge in [0.25, 0.3) is 5.91 Å². The standard InChI is InChI=1S/C25H27N3O/c29-25(22-11-5-2-6-12-22)28(24-13-7-8-17-26-24)23-15-19-27(20-16-23)18-14-21-9-3-1-4-10-21/h1-13,17,23H,14-16,18-20H2. The van der Waals surface area contributed by atoms with Crippen LogP contribution in [-0.2, 0) is 6.42 Å². The average molecular weight is 386 g/mol. The van der Waals surface area contributed by atoms with Crippen LogP contribution in [0.5, 0.6) is 0 Å². The zero-order chi connectivity index (χ0) is 19.9. The smallest absolute Gasteiger partial charge is 0.259 e. The quantitative estimate of drug-likeness (QED) is 0.630. The van der Waals surface area contributed by atoms with Crippen molar-refractivity contribution >= 4 is 11.7 Å². The fourth-order valence-corrected chi connectivity index (χ4v) is 4.01. The minimum atomic E-state index is 0.0343. The van der Waals surface area contributed by atoms with Gasteiger partial charge in [-0.1, -0.05) is 54.6 Å². The van der Waals surface area contributed by atoms with Gasteiger partial charge in [-0.3, -0.25) is 9.69 Å².